The summed E-state index contributed by atoms with van der Waals surface area (Å²) >= 11 is 0. The first kappa shape index (κ1) is 15.0. The van der Waals surface area contributed by atoms with E-state index in [1.807, 2.05) is 0 Å². The Hall–Kier alpha value is -0.900. The van der Waals surface area contributed by atoms with E-state index < -0.39 is 0 Å². The second-order valence-electron chi connectivity index (χ2n) is 6.76. The molecule has 0 radical (unpaired) electrons. The molecule has 0 saturated carbocycles. The van der Waals surface area contributed by atoms with Crippen LogP contribution in [0.2, 0.25) is 0 Å². The van der Waals surface area contributed by atoms with Crippen LogP contribution in [0.15, 0.2) is 30.3 Å². The first-order valence-electron chi connectivity index (χ1n) is 8.51. The van der Waals surface area contributed by atoms with Crippen LogP contribution in [0.3, 0.4) is 0 Å². The standard InChI is InChI=1S/C18H29N3/c1-15(16-6-3-2-4-7-16)12-18(13-19)21-11-10-20-9-5-8-17(20)14-21/h2-4,6-7,15,17-18H,5,8-14,19H2,1H3. The molecule has 2 aliphatic heterocycles. The SMILES string of the molecule is CC(CC(CN)N1CCN2CCCC2C1)c1ccccc1. The third-order valence-corrected chi connectivity index (χ3v) is 5.40. The molecule has 2 aliphatic rings. The van der Waals surface area contributed by atoms with Crippen molar-refractivity contribution in [2.45, 2.75) is 44.2 Å². The van der Waals surface area contributed by atoms with Crippen LogP contribution in [-0.2, 0) is 0 Å². The van der Waals surface area contributed by atoms with E-state index in [1.54, 1.807) is 0 Å². The number of nitrogens with zero attached hydrogens (tertiary/aromatic N) is 2. The Bertz CT molecular complexity index is 433. The van der Waals surface area contributed by atoms with Gasteiger partial charge >= 0.3 is 0 Å². The van der Waals surface area contributed by atoms with Crippen molar-refractivity contribution in [1.82, 2.24) is 9.80 Å². The molecule has 2 saturated heterocycles. The van der Waals surface area contributed by atoms with Crippen molar-refractivity contribution in [3.8, 4) is 0 Å². The van der Waals surface area contributed by atoms with E-state index in [1.165, 1.54) is 51.0 Å². The number of piperazine rings is 1. The van der Waals surface area contributed by atoms with E-state index in [0.29, 0.717) is 12.0 Å². The lowest BCUT2D eigenvalue weighted by molar-refractivity contribution is 0.0689. The Morgan fingerprint density at radius 2 is 2.00 bits per heavy atom. The normalized spacial score (nSPS) is 26.5. The number of nitrogens with two attached hydrogens (primary N) is 1. The van der Waals surface area contributed by atoms with Gasteiger partial charge in [0.2, 0.25) is 0 Å². The summed E-state index contributed by atoms with van der Waals surface area (Å²) in [7, 11) is 0. The van der Waals surface area contributed by atoms with Crippen LogP contribution in [0.4, 0.5) is 0 Å². The zero-order valence-electron chi connectivity index (χ0n) is 13.2. The molecule has 21 heavy (non-hydrogen) atoms. The second kappa shape index (κ2) is 6.91. The summed E-state index contributed by atoms with van der Waals surface area (Å²) in [6.45, 7) is 8.09. The van der Waals surface area contributed by atoms with Gasteiger partial charge in [-0.05, 0) is 37.3 Å². The zero-order valence-corrected chi connectivity index (χ0v) is 13.2. The molecule has 0 bridgehead atoms. The molecule has 3 nitrogen and oxygen atoms in total. The van der Waals surface area contributed by atoms with E-state index in [-0.39, 0.29) is 0 Å². The molecule has 3 heteroatoms. The van der Waals surface area contributed by atoms with Crippen molar-refractivity contribution >= 4 is 0 Å². The van der Waals surface area contributed by atoms with Gasteiger partial charge in [0.15, 0.2) is 0 Å². The maximum absolute atomic E-state index is 6.11. The Morgan fingerprint density at radius 1 is 1.19 bits per heavy atom. The molecule has 3 atom stereocenters. The van der Waals surface area contributed by atoms with Gasteiger partial charge < -0.3 is 5.73 Å². The van der Waals surface area contributed by atoms with Crippen molar-refractivity contribution in [3.05, 3.63) is 35.9 Å². The van der Waals surface area contributed by atoms with Gasteiger partial charge in [0.25, 0.3) is 0 Å². The van der Waals surface area contributed by atoms with Crippen LogP contribution in [0.5, 0.6) is 0 Å². The van der Waals surface area contributed by atoms with Gasteiger partial charge in [-0.15, -0.1) is 0 Å². The van der Waals surface area contributed by atoms with Crippen LogP contribution >= 0.6 is 0 Å². The lowest BCUT2D eigenvalue weighted by Crippen LogP contribution is -2.55. The molecule has 3 rings (SSSR count). The topological polar surface area (TPSA) is 32.5 Å². The van der Waals surface area contributed by atoms with E-state index >= 15 is 0 Å². The lowest BCUT2D eigenvalue weighted by Gasteiger charge is -2.42. The predicted octanol–water partition coefficient (Wildman–Crippen LogP) is 2.29. The van der Waals surface area contributed by atoms with Crippen LogP contribution in [0.1, 0.15) is 37.7 Å². The minimum absolute atomic E-state index is 0.531. The first-order chi connectivity index (χ1) is 10.3. The average Bonchev–Trinajstić information content (AvgIpc) is 3.00. The highest BCUT2D eigenvalue weighted by Crippen LogP contribution is 2.26. The van der Waals surface area contributed by atoms with E-state index in [0.717, 1.165) is 12.6 Å². The molecule has 0 aromatic heterocycles. The van der Waals surface area contributed by atoms with Gasteiger partial charge in [-0.3, -0.25) is 9.80 Å². The van der Waals surface area contributed by atoms with Crippen molar-refractivity contribution in [2.24, 2.45) is 5.73 Å². The highest BCUT2D eigenvalue weighted by Gasteiger charge is 2.33. The van der Waals surface area contributed by atoms with E-state index in [4.69, 9.17) is 5.73 Å². The van der Waals surface area contributed by atoms with Gasteiger partial charge in [0, 0.05) is 38.3 Å². The summed E-state index contributed by atoms with van der Waals surface area (Å²) in [6.07, 6.45) is 3.93. The minimum Gasteiger partial charge on any atom is -0.329 e. The Morgan fingerprint density at radius 3 is 2.76 bits per heavy atom. The smallest absolute Gasteiger partial charge is 0.0225 e. The van der Waals surface area contributed by atoms with Gasteiger partial charge in [-0.25, -0.2) is 0 Å². The average molecular weight is 287 g/mol. The zero-order chi connectivity index (χ0) is 14.7. The van der Waals surface area contributed by atoms with Crippen LogP contribution in [0.25, 0.3) is 0 Å². The van der Waals surface area contributed by atoms with Crippen LogP contribution < -0.4 is 5.73 Å². The number of hydrogen-bond donors (Lipinski definition) is 1. The largest absolute Gasteiger partial charge is 0.329 e. The number of rotatable bonds is 5. The lowest BCUT2D eigenvalue weighted by atomic mass is 9.92. The third kappa shape index (κ3) is 3.47. The number of fused-ring (bicyclic) bond motifs is 1. The monoisotopic (exact) mass is 287 g/mol. The van der Waals surface area contributed by atoms with Gasteiger partial charge in [-0.2, -0.15) is 0 Å². The fourth-order valence-electron chi connectivity index (χ4n) is 4.07. The Balaban J connectivity index is 1.60. The molecule has 0 aliphatic carbocycles. The Labute approximate surface area is 129 Å². The molecule has 116 valence electrons. The van der Waals surface area contributed by atoms with Crippen LogP contribution in [-0.4, -0.2) is 54.6 Å². The molecule has 3 unspecified atom stereocenters. The first-order valence-corrected chi connectivity index (χ1v) is 8.51. The number of benzene rings is 1. The summed E-state index contributed by atoms with van der Waals surface area (Å²) in [6, 6.07) is 12.2. The predicted molar refractivity (Wildman–Crippen MR) is 88.5 cm³/mol. The molecule has 1 aromatic carbocycles. The van der Waals surface area contributed by atoms with Gasteiger partial charge in [0.05, 0.1) is 0 Å². The fourth-order valence-corrected chi connectivity index (χ4v) is 4.07. The van der Waals surface area contributed by atoms with Crippen molar-refractivity contribution < 1.29 is 0 Å². The highest BCUT2D eigenvalue weighted by molar-refractivity contribution is 5.19. The van der Waals surface area contributed by atoms with Crippen molar-refractivity contribution in [2.75, 3.05) is 32.7 Å². The Kier molecular flexibility index (Phi) is 4.94. The second-order valence-corrected chi connectivity index (χ2v) is 6.76. The molecule has 2 heterocycles. The summed E-state index contributed by atoms with van der Waals surface area (Å²) in [4.78, 5) is 5.33. The van der Waals surface area contributed by atoms with Crippen molar-refractivity contribution in [3.63, 3.8) is 0 Å². The van der Waals surface area contributed by atoms with E-state index in [9.17, 15) is 0 Å². The molecular formula is C18H29N3. The molecule has 2 fully saturated rings. The quantitative estimate of drug-likeness (QED) is 0.902. The molecule has 0 spiro atoms. The summed E-state index contributed by atoms with van der Waals surface area (Å²) in [5.41, 5.74) is 7.55. The molecular weight excluding hydrogens is 258 g/mol. The minimum atomic E-state index is 0.531. The van der Waals surface area contributed by atoms with Crippen molar-refractivity contribution in [1.29, 1.82) is 0 Å². The molecule has 1 aromatic rings. The maximum atomic E-state index is 6.11. The van der Waals surface area contributed by atoms with Crippen LogP contribution in [0, 0.1) is 0 Å². The third-order valence-electron chi connectivity index (χ3n) is 5.40. The maximum Gasteiger partial charge on any atom is 0.0225 e. The van der Waals surface area contributed by atoms with E-state index in [2.05, 4.69) is 47.1 Å². The summed E-state index contributed by atoms with van der Waals surface area (Å²) in [5.74, 6) is 0.585. The number of hydrogen-bond acceptors (Lipinski definition) is 3. The van der Waals surface area contributed by atoms with Gasteiger partial charge in [0.1, 0.15) is 0 Å². The summed E-state index contributed by atoms with van der Waals surface area (Å²) in [5, 5.41) is 0. The molecule has 0 amide bonds. The molecule has 2 N–H and O–H groups in total. The summed E-state index contributed by atoms with van der Waals surface area (Å²) < 4.78 is 0. The van der Waals surface area contributed by atoms with Gasteiger partial charge in [-0.1, -0.05) is 37.3 Å². The highest BCUT2D eigenvalue weighted by atomic mass is 15.3. The fraction of sp³-hybridized carbons (Fsp3) is 0.667.